The van der Waals surface area contributed by atoms with Crippen LogP contribution in [0.25, 0.3) is 0 Å². The summed E-state index contributed by atoms with van der Waals surface area (Å²) < 4.78 is 23.7. The van der Waals surface area contributed by atoms with Crippen LogP contribution < -0.4 is 14.8 Å². The second-order valence-corrected chi connectivity index (χ2v) is 4.54. The van der Waals surface area contributed by atoms with Crippen LogP contribution >= 0.6 is 0 Å². The van der Waals surface area contributed by atoms with Crippen LogP contribution in [0.1, 0.15) is 11.1 Å². The van der Waals surface area contributed by atoms with Crippen molar-refractivity contribution >= 4 is 0 Å². The Morgan fingerprint density at radius 2 is 1.67 bits per heavy atom. The Morgan fingerprint density at radius 3 is 2.24 bits per heavy atom. The first-order chi connectivity index (χ1) is 10.2. The Morgan fingerprint density at radius 1 is 1.05 bits per heavy atom. The van der Waals surface area contributed by atoms with E-state index in [1.807, 2.05) is 0 Å². The van der Waals surface area contributed by atoms with Gasteiger partial charge < -0.3 is 19.9 Å². The number of aromatic hydroxyl groups is 1. The third kappa shape index (κ3) is 3.64. The fraction of sp³-hybridized carbons (Fsp3) is 0.250. The lowest BCUT2D eigenvalue weighted by atomic mass is 10.1. The Bertz CT molecular complexity index is 591. The molecule has 21 heavy (non-hydrogen) atoms. The van der Waals surface area contributed by atoms with Gasteiger partial charge in [-0.05, 0) is 23.8 Å². The van der Waals surface area contributed by atoms with Gasteiger partial charge in [-0.25, -0.2) is 4.39 Å². The SMILES string of the molecule is COc1cc(CNCc2ccccc2F)cc(OC)c1O. The second-order valence-electron chi connectivity index (χ2n) is 4.54. The third-order valence-corrected chi connectivity index (χ3v) is 3.14. The van der Waals surface area contributed by atoms with E-state index in [-0.39, 0.29) is 11.6 Å². The highest BCUT2D eigenvalue weighted by Gasteiger charge is 2.11. The molecule has 0 saturated heterocycles. The average Bonchev–Trinajstić information content (AvgIpc) is 2.50. The molecule has 2 aromatic carbocycles. The molecular weight excluding hydrogens is 273 g/mol. The fourth-order valence-corrected chi connectivity index (χ4v) is 2.03. The van der Waals surface area contributed by atoms with E-state index in [1.54, 1.807) is 30.3 Å². The van der Waals surface area contributed by atoms with Crippen molar-refractivity contribution < 1.29 is 19.0 Å². The number of benzene rings is 2. The molecular formula is C16H18FNO3. The van der Waals surface area contributed by atoms with Crippen molar-refractivity contribution in [3.05, 3.63) is 53.3 Å². The van der Waals surface area contributed by atoms with Crippen LogP contribution in [0.5, 0.6) is 17.2 Å². The van der Waals surface area contributed by atoms with E-state index in [0.717, 1.165) is 5.56 Å². The summed E-state index contributed by atoms with van der Waals surface area (Å²) in [6.45, 7) is 0.916. The first kappa shape index (κ1) is 15.1. The van der Waals surface area contributed by atoms with E-state index in [1.165, 1.54) is 20.3 Å². The van der Waals surface area contributed by atoms with E-state index in [4.69, 9.17) is 9.47 Å². The van der Waals surface area contributed by atoms with E-state index in [0.29, 0.717) is 30.2 Å². The molecule has 5 heteroatoms. The Balaban J connectivity index is 2.05. The monoisotopic (exact) mass is 291 g/mol. The highest BCUT2D eigenvalue weighted by molar-refractivity contribution is 5.52. The number of phenols is 1. The van der Waals surface area contributed by atoms with Gasteiger partial charge in [0.15, 0.2) is 11.5 Å². The minimum absolute atomic E-state index is 0.0298. The number of phenolic OH excluding ortho intramolecular Hbond substituents is 1. The molecule has 0 heterocycles. The molecule has 0 aliphatic heterocycles. The summed E-state index contributed by atoms with van der Waals surface area (Å²) in [4.78, 5) is 0. The van der Waals surface area contributed by atoms with Crippen LogP contribution in [0.15, 0.2) is 36.4 Å². The molecule has 0 radical (unpaired) electrons. The number of methoxy groups -OCH3 is 2. The van der Waals surface area contributed by atoms with Crippen molar-refractivity contribution in [3.63, 3.8) is 0 Å². The minimum atomic E-state index is -0.231. The van der Waals surface area contributed by atoms with Gasteiger partial charge in [0.1, 0.15) is 5.82 Å². The summed E-state index contributed by atoms with van der Waals surface area (Å²) in [5, 5.41) is 13.0. The quantitative estimate of drug-likeness (QED) is 0.859. The number of rotatable bonds is 6. The van der Waals surface area contributed by atoms with E-state index in [9.17, 15) is 9.50 Å². The van der Waals surface area contributed by atoms with Gasteiger partial charge in [0, 0.05) is 18.7 Å². The topological polar surface area (TPSA) is 50.7 Å². The standard InChI is InChI=1S/C16H18FNO3/c1-20-14-7-11(8-15(21-2)16(14)19)9-18-10-12-5-3-4-6-13(12)17/h3-8,18-19H,9-10H2,1-2H3. The molecule has 0 aliphatic carbocycles. The maximum atomic E-state index is 13.5. The number of hydrogen-bond acceptors (Lipinski definition) is 4. The predicted octanol–water partition coefficient (Wildman–Crippen LogP) is 2.84. The molecule has 112 valence electrons. The summed E-state index contributed by atoms with van der Waals surface area (Å²) in [5.41, 5.74) is 1.48. The van der Waals surface area contributed by atoms with Crippen molar-refractivity contribution in [2.75, 3.05) is 14.2 Å². The van der Waals surface area contributed by atoms with Crippen LogP contribution in [-0.4, -0.2) is 19.3 Å². The number of nitrogens with one attached hydrogen (secondary N) is 1. The molecule has 0 aromatic heterocycles. The molecule has 4 nitrogen and oxygen atoms in total. The lowest BCUT2D eigenvalue weighted by Crippen LogP contribution is -2.13. The minimum Gasteiger partial charge on any atom is -0.502 e. The molecule has 0 amide bonds. The molecule has 0 bridgehead atoms. The average molecular weight is 291 g/mol. The molecule has 2 N–H and O–H groups in total. The van der Waals surface area contributed by atoms with Gasteiger partial charge in [-0.15, -0.1) is 0 Å². The smallest absolute Gasteiger partial charge is 0.200 e. The largest absolute Gasteiger partial charge is 0.502 e. The van der Waals surface area contributed by atoms with E-state index < -0.39 is 0 Å². The van der Waals surface area contributed by atoms with Gasteiger partial charge in [0.05, 0.1) is 14.2 Å². The summed E-state index contributed by atoms with van der Waals surface area (Å²) >= 11 is 0. The van der Waals surface area contributed by atoms with Gasteiger partial charge in [0.25, 0.3) is 0 Å². The third-order valence-electron chi connectivity index (χ3n) is 3.14. The highest BCUT2D eigenvalue weighted by atomic mass is 19.1. The van der Waals surface area contributed by atoms with Crippen molar-refractivity contribution in [1.82, 2.24) is 5.32 Å². The zero-order valence-corrected chi connectivity index (χ0v) is 12.0. The molecule has 0 aliphatic rings. The normalized spacial score (nSPS) is 10.4. The molecule has 0 fully saturated rings. The van der Waals surface area contributed by atoms with E-state index >= 15 is 0 Å². The van der Waals surface area contributed by atoms with Gasteiger partial charge in [-0.3, -0.25) is 0 Å². The van der Waals surface area contributed by atoms with E-state index in [2.05, 4.69) is 5.32 Å². The van der Waals surface area contributed by atoms with Crippen molar-refractivity contribution in [1.29, 1.82) is 0 Å². The molecule has 0 spiro atoms. The number of halogens is 1. The maximum Gasteiger partial charge on any atom is 0.200 e. The van der Waals surface area contributed by atoms with Crippen molar-refractivity contribution in [3.8, 4) is 17.2 Å². The van der Waals surface area contributed by atoms with Gasteiger partial charge in [0.2, 0.25) is 5.75 Å². The van der Waals surface area contributed by atoms with Crippen LogP contribution in [0.4, 0.5) is 4.39 Å². The first-order valence-electron chi connectivity index (χ1n) is 6.53. The Kier molecular flexibility index (Phi) is 5.00. The van der Waals surface area contributed by atoms with Crippen molar-refractivity contribution in [2.45, 2.75) is 13.1 Å². The van der Waals surface area contributed by atoms with Crippen LogP contribution in [0, 0.1) is 5.82 Å². The highest BCUT2D eigenvalue weighted by Crippen LogP contribution is 2.36. The molecule has 0 saturated carbocycles. The summed E-state index contributed by atoms with van der Waals surface area (Å²) in [6.07, 6.45) is 0. The van der Waals surface area contributed by atoms with Gasteiger partial charge in [-0.2, -0.15) is 0 Å². The number of ether oxygens (including phenoxy) is 2. The Hall–Kier alpha value is -2.27. The zero-order valence-electron chi connectivity index (χ0n) is 12.0. The molecule has 2 rings (SSSR count). The van der Waals surface area contributed by atoms with Gasteiger partial charge in [-0.1, -0.05) is 18.2 Å². The fourth-order valence-electron chi connectivity index (χ4n) is 2.03. The maximum absolute atomic E-state index is 13.5. The molecule has 0 unspecified atom stereocenters. The molecule has 0 atom stereocenters. The summed E-state index contributed by atoms with van der Waals surface area (Å²) in [7, 11) is 2.95. The lowest BCUT2D eigenvalue weighted by Gasteiger charge is -2.12. The van der Waals surface area contributed by atoms with Crippen LogP contribution in [-0.2, 0) is 13.1 Å². The Labute approximate surface area is 123 Å². The van der Waals surface area contributed by atoms with Crippen molar-refractivity contribution in [2.24, 2.45) is 0 Å². The predicted molar refractivity (Wildman–Crippen MR) is 78.2 cm³/mol. The number of hydrogen-bond donors (Lipinski definition) is 2. The second kappa shape index (κ2) is 6.95. The van der Waals surface area contributed by atoms with Crippen LogP contribution in [0.2, 0.25) is 0 Å². The van der Waals surface area contributed by atoms with Crippen LogP contribution in [0.3, 0.4) is 0 Å². The first-order valence-corrected chi connectivity index (χ1v) is 6.53. The van der Waals surface area contributed by atoms with Gasteiger partial charge >= 0.3 is 0 Å². The summed E-state index contributed by atoms with van der Waals surface area (Å²) in [6, 6.07) is 10.1. The zero-order chi connectivity index (χ0) is 15.2. The summed E-state index contributed by atoms with van der Waals surface area (Å²) in [5.74, 6) is 0.429. The molecule has 2 aromatic rings. The lowest BCUT2D eigenvalue weighted by molar-refractivity contribution is 0.339.